The maximum Gasteiger partial charge on any atom is 0.197 e. The number of piperidine rings is 2. The average Bonchev–Trinajstić information content (AvgIpc) is 3.63. The minimum Gasteiger partial charge on any atom is -0.493 e. The van der Waals surface area contributed by atoms with E-state index in [4.69, 9.17) is 9.72 Å². The van der Waals surface area contributed by atoms with Crippen LogP contribution >= 0.6 is 0 Å². The Kier molecular flexibility index (Phi) is 5.70. The molecule has 1 N–H and O–H groups in total. The normalized spacial score (nSPS) is 27.0. The van der Waals surface area contributed by atoms with Crippen molar-refractivity contribution >= 4 is 16.7 Å². The van der Waals surface area contributed by atoms with Crippen LogP contribution in [0.5, 0.6) is 5.75 Å². The van der Waals surface area contributed by atoms with Gasteiger partial charge in [0.15, 0.2) is 11.4 Å². The second-order valence-electron chi connectivity index (χ2n) is 12.5. The maximum absolute atomic E-state index is 5.56. The number of likely N-dealkylation sites (tertiary alicyclic amines) is 1. The molecule has 3 aliphatic heterocycles. The summed E-state index contributed by atoms with van der Waals surface area (Å²) in [6.07, 6.45) is 16.1. The molecule has 204 valence electrons. The lowest BCUT2D eigenvalue weighted by atomic mass is 9.84. The fourth-order valence-corrected chi connectivity index (χ4v) is 8.23. The number of aryl methyl sites for hydroxylation is 1. The van der Waals surface area contributed by atoms with Crippen LogP contribution in [0.1, 0.15) is 74.8 Å². The number of ether oxygens (including phenoxy) is 1. The highest BCUT2D eigenvalue weighted by molar-refractivity contribution is 5.83. The highest BCUT2D eigenvalue weighted by Crippen LogP contribution is 2.44. The summed E-state index contributed by atoms with van der Waals surface area (Å²) in [5.41, 5.74) is 6.49. The van der Waals surface area contributed by atoms with Crippen molar-refractivity contribution in [3.8, 4) is 17.1 Å². The van der Waals surface area contributed by atoms with E-state index in [2.05, 4.69) is 43.9 Å². The van der Waals surface area contributed by atoms with E-state index in [0.717, 1.165) is 46.6 Å². The van der Waals surface area contributed by atoms with Crippen molar-refractivity contribution in [3.05, 3.63) is 41.9 Å². The van der Waals surface area contributed by atoms with Gasteiger partial charge in [-0.05, 0) is 101 Å². The Morgan fingerprint density at radius 2 is 1.72 bits per heavy atom. The second-order valence-corrected chi connectivity index (χ2v) is 12.5. The number of aromatic amines is 1. The van der Waals surface area contributed by atoms with Crippen LogP contribution in [-0.2, 0) is 0 Å². The number of hydrogen-bond donors (Lipinski definition) is 1. The fourth-order valence-electron chi connectivity index (χ4n) is 8.23. The van der Waals surface area contributed by atoms with E-state index in [0.29, 0.717) is 17.3 Å². The van der Waals surface area contributed by atoms with Gasteiger partial charge in [0, 0.05) is 35.9 Å². The van der Waals surface area contributed by atoms with Gasteiger partial charge in [-0.25, -0.2) is 14.5 Å². The van der Waals surface area contributed by atoms with Crippen LogP contribution in [0.4, 0.5) is 0 Å². The number of methoxy groups -OCH3 is 1. The first-order valence-corrected chi connectivity index (χ1v) is 15.0. The Balaban J connectivity index is 0.985. The highest BCUT2D eigenvalue weighted by Gasteiger charge is 2.46. The molecule has 4 fully saturated rings. The van der Waals surface area contributed by atoms with Crippen LogP contribution < -0.4 is 4.74 Å². The molecule has 8 heteroatoms. The standard InChI is InChI=1S/C31H39N7O/c1-19-12-21(13-27-29(19)35-30(34-27)22-14-28(39-2)31-32-18-33-37(31)17-22)20-8-10-36(11-9-20)26-15-24-6-7-25(16-26)38(24)23-4-3-5-23/h12-14,17-18,20,23-26H,3-11,15-16H2,1-2H3,(H,34,35). The average molecular weight is 526 g/mol. The number of fused-ring (bicyclic) bond motifs is 4. The number of nitrogens with zero attached hydrogens (tertiary/aromatic N) is 6. The molecule has 3 aromatic heterocycles. The van der Waals surface area contributed by atoms with E-state index >= 15 is 0 Å². The van der Waals surface area contributed by atoms with Gasteiger partial charge in [-0.2, -0.15) is 5.10 Å². The van der Waals surface area contributed by atoms with Crippen molar-refractivity contribution in [2.45, 2.75) is 94.8 Å². The molecule has 8 rings (SSSR count). The molecule has 39 heavy (non-hydrogen) atoms. The number of pyridine rings is 1. The molecular weight excluding hydrogens is 486 g/mol. The summed E-state index contributed by atoms with van der Waals surface area (Å²) >= 11 is 0. The molecule has 1 saturated carbocycles. The van der Waals surface area contributed by atoms with Gasteiger partial charge in [-0.15, -0.1) is 0 Å². The zero-order chi connectivity index (χ0) is 26.1. The van der Waals surface area contributed by atoms with Crippen molar-refractivity contribution in [3.63, 3.8) is 0 Å². The number of benzene rings is 1. The maximum atomic E-state index is 5.56. The lowest BCUT2D eigenvalue weighted by Gasteiger charge is -2.50. The third-order valence-electron chi connectivity index (χ3n) is 10.4. The predicted molar refractivity (Wildman–Crippen MR) is 152 cm³/mol. The van der Waals surface area contributed by atoms with Crippen LogP contribution in [-0.4, -0.2) is 78.7 Å². The Morgan fingerprint density at radius 3 is 2.44 bits per heavy atom. The Morgan fingerprint density at radius 1 is 0.923 bits per heavy atom. The van der Waals surface area contributed by atoms with Crippen molar-refractivity contribution in [2.75, 3.05) is 20.2 Å². The molecule has 6 heterocycles. The van der Waals surface area contributed by atoms with Gasteiger partial charge in [-0.3, -0.25) is 4.90 Å². The zero-order valence-electron chi connectivity index (χ0n) is 23.1. The van der Waals surface area contributed by atoms with Crippen LogP contribution in [0.15, 0.2) is 30.7 Å². The van der Waals surface area contributed by atoms with Crippen molar-refractivity contribution in [2.24, 2.45) is 0 Å². The molecule has 0 spiro atoms. The molecule has 0 amide bonds. The molecule has 2 atom stereocenters. The summed E-state index contributed by atoms with van der Waals surface area (Å²) in [6.45, 7) is 4.67. The molecule has 2 bridgehead atoms. The van der Waals surface area contributed by atoms with Crippen molar-refractivity contribution in [1.29, 1.82) is 0 Å². The van der Waals surface area contributed by atoms with E-state index in [9.17, 15) is 0 Å². The van der Waals surface area contributed by atoms with Crippen LogP contribution in [0.25, 0.3) is 28.1 Å². The largest absolute Gasteiger partial charge is 0.493 e. The van der Waals surface area contributed by atoms with E-state index in [-0.39, 0.29) is 0 Å². The van der Waals surface area contributed by atoms with Crippen molar-refractivity contribution < 1.29 is 4.74 Å². The van der Waals surface area contributed by atoms with Gasteiger partial charge in [0.2, 0.25) is 0 Å². The lowest BCUT2D eigenvalue weighted by Crippen LogP contribution is -2.56. The lowest BCUT2D eigenvalue weighted by molar-refractivity contribution is -0.000820. The van der Waals surface area contributed by atoms with Gasteiger partial charge in [0.25, 0.3) is 0 Å². The molecular formula is C31H39N7O. The Bertz CT molecular complexity index is 1500. The van der Waals surface area contributed by atoms with E-state index in [1.165, 1.54) is 82.0 Å². The number of H-pyrrole nitrogens is 1. The Hall–Kier alpha value is -2.97. The number of imidazole rings is 1. The third kappa shape index (κ3) is 3.98. The first-order valence-electron chi connectivity index (χ1n) is 15.0. The first kappa shape index (κ1) is 23.9. The fraction of sp³-hybridized carbons (Fsp3) is 0.581. The van der Waals surface area contributed by atoms with Gasteiger partial charge < -0.3 is 14.6 Å². The van der Waals surface area contributed by atoms with E-state index in [1.54, 1.807) is 18.0 Å². The van der Waals surface area contributed by atoms with E-state index < -0.39 is 0 Å². The molecule has 1 aliphatic carbocycles. The number of aromatic nitrogens is 5. The molecule has 1 aromatic carbocycles. The number of rotatable bonds is 5. The monoisotopic (exact) mass is 525 g/mol. The molecule has 3 saturated heterocycles. The van der Waals surface area contributed by atoms with Crippen LogP contribution in [0.3, 0.4) is 0 Å². The summed E-state index contributed by atoms with van der Waals surface area (Å²) in [5, 5.41) is 4.31. The van der Waals surface area contributed by atoms with E-state index in [1.807, 2.05) is 12.3 Å². The van der Waals surface area contributed by atoms with Crippen molar-refractivity contribution in [1.82, 2.24) is 34.4 Å². The van der Waals surface area contributed by atoms with Gasteiger partial charge in [0.05, 0.1) is 18.1 Å². The van der Waals surface area contributed by atoms with Gasteiger partial charge >= 0.3 is 0 Å². The Labute approximate surface area is 229 Å². The molecule has 4 aliphatic rings. The second kappa shape index (κ2) is 9.30. The summed E-state index contributed by atoms with van der Waals surface area (Å²) in [7, 11) is 1.66. The third-order valence-corrected chi connectivity index (χ3v) is 10.4. The molecule has 8 nitrogen and oxygen atoms in total. The summed E-state index contributed by atoms with van der Waals surface area (Å²) in [6, 6.07) is 10.2. The minimum atomic E-state index is 0.620. The zero-order valence-corrected chi connectivity index (χ0v) is 23.1. The predicted octanol–water partition coefficient (Wildman–Crippen LogP) is 5.32. The van der Waals surface area contributed by atoms with Gasteiger partial charge in [0.1, 0.15) is 12.2 Å². The highest BCUT2D eigenvalue weighted by atomic mass is 16.5. The molecule has 2 unspecified atom stereocenters. The van der Waals surface area contributed by atoms with Crippen LogP contribution in [0.2, 0.25) is 0 Å². The number of hydrogen-bond acceptors (Lipinski definition) is 6. The smallest absolute Gasteiger partial charge is 0.197 e. The van der Waals surface area contributed by atoms with Gasteiger partial charge in [-0.1, -0.05) is 12.5 Å². The first-order chi connectivity index (χ1) is 19.1. The summed E-state index contributed by atoms with van der Waals surface area (Å²) < 4.78 is 7.31. The SMILES string of the molecule is COc1cc(-c2nc3c(C)cc(C4CCN(C5CC6CCC(C5)N6C5CCC5)CC4)cc3[nH]2)cn2ncnc12. The topological polar surface area (TPSA) is 74.6 Å². The number of nitrogens with one attached hydrogen (secondary N) is 1. The summed E-state index contributed by atoms with van der Waals surface area (Å²) in [5.74, 6) is 2.14. The summed E-state index contributed by atoms with van der Waals surface area (Å²) in [4.78, 5) is 18.7. The minimum absolute atomic E-state index is 0.620. The quantitative estimate of drug-likeness (QED) is 0.380. The molecule has 4 aromatic rings. The van der Waals surface area contributed by atoms with Crippen LogP contribution in [0, 0.1) is 6.92 Å². The molecule has 0 radical (unpaired) electrons.